The predicted molar refractivity (Wildman–Crippen MR) is 92.4 cm³/mol. The van der Waals surface area contributed by atoms with E-state index in [1.54, 1.807) is 6.33 Å². The monoisotopic (exact) mass is 319 g/mol. The first-order chi connectivity index (χ1) is 11.8. The molecule has 2 aliphatic rings. The summed E-state index contributed by atoms with van der Waals surface area (Å²) in [7, 11) is 0. The third-order valence-corrected chi connectivity index (χ3v) is 4.87. The van der Waals surface area contributed by atoms with Crippen LogP contribution in [-0.4, -0.2) is 40.0 Å². The fourth-order valence-electron chi connectivity index (χ4n) is 3.64. The number of nitrogens with zero attached hydrogens (tertiary/aromatic N) is 5. The van der Waals surface area contributed by atoms with Crippen molar-refractivity contribution in [3.05, 3.63) is 54.0 Å². The van der Waals surface area contributed by atoms with E-state index < -0.39 is 0 Å². The molecule has 1 saturated heterocycles. The largest absolute Gasteiger partial charge is 0.349 e. The van der Waals surface area contributed by atoms with Crippen LogP contribution in [0.5, 0.6) is 0 Å². The molecule has 1 aliphatic carbocycles. The van der Waals surface area contributed by atoms with Crippen LogP contribution in [0, 0.1) is 11.3 Å². The fraction of sp³-hybridized carbons (Fsp3) is 0.421. The molecule has 5 nitrogen and oxygen atoms in total. The first-order valence-corrected chi connectivity index (χ1v) is 8.59. The number of rotatable bonds is 5. The molecule has 0 bridgehead atoms. The number of aromatic nitrogens is 2. The molecule has 1 aliphatic heterocycles. The smallest absolute Gasteiger partial charge is 0.132 e. The molecule has 2 fully saturated rings. The number of hydrogen-bond donors (Lipinski definition) is 0. The maximum Gasteiger partial charge on any atom is 0.132 e. The average Bonchev–Trinajstić information content (AvgIpc) is 3.36. The van der Waals surface area contributed by atoms with E-state index in [0.29, 0.717) is 12.1 Å². The van der Waals surface area contributed by atoms with Crippen LogP contribution in [0.25, 0.3) is 0 Å². The van der Waals surface area contributed by atoms with Crippen LogP contribution in [-0.2, 0) is 6.54 Å². The second kappa shape index (κ2) is 6.58. The normalized spacial score (nSPS) is 20.7. The maximum absolute atomic E-state index is 9.05. The zero-order chi connectivity index (χ0) is 16.4. The van der Waals surface area contributed by atoms with Gasteiger partial charge in [0.1, 0.15) is 12.1 Å². The highest BCUT2D eigenvalue weighted by Crippen LogP contribution is 2.34. The van der Waals surface area contributed by atoms with E-state index >= 15 is 0 Å². The Morgan fingerprint density at radius 2 is 2.12 bits per heavy atom. The molecular weight excluding hydrogens is 298 g/mol. The number of likely N-dealkylation sites (tertiary alicyclic amines) is 1. The summed E-state index contributed by atoms with van der Waals surface area (Å²) in [6.45, 7) is 3.06. The topological polar surface area (TPSA) is 56.1 Å². The standard InChI is InChI=1S/C19H21N5/c20-11-15-2-1-3-16(10-15)12-23-9-7-18(13-23)24(17-4-5-17)19-6-8-21-14-22-19/h1-3,6,8,10,14,17-18H,4-5,7,9,12-13H2. The predicted octanol–water partition coefficient (Wildman–Crippen LogP) is 2.59. The van der Waals surface area contributed by atoms with E-state index in [1.165, 1.54) is 24.8 Å². The van der Waals surface area contributed by atoms with Gasteiger partial charge in [-0.25, -0.2) is 9.97 Å². The lowest BCUT2D eigenvalue weighted by Gasteiger charge is -2.30. The third-order valence-electron chi connectivity index (χ3n) is 4.87. The van der Waals surface area contributed by atoms with Crippen molar-refractivity contribution in [3.63, 3.8) is 0 Å². The van der Waals surface area contributed by atoms with Crippen LogP contribution >= 0.6 is 0 Å². The van der Waals surface area contributed by atoms with Crippen molar-refractivity contribution in [1.29, 1.82) is 5.26 Å². The molecule has 1 atom stereocenters. The van der Waals surface area contributed by atoms with E-state index in [1.807, 2.05) is 30.5 Å². The maximum atomic E-state index is 9.05. The Bertz CT molecular complexity index is 735. The minimum absolute atomic E-state index is 0.520. The number of benzene rings is 1. The number of nitriles is 1. The van der Waals surface area contributed by atoms with Crippen molar-refractivity contribution in [1.82, 2.24) is 14.9 Å². The lowest BCUT2D eigenvalue weighted by atomic mass is 10.1. The summed E-state index contributed by atoms with van der Waals surface area (Å²) in [5, 5.41) is 9.05. The Balaban J connectivity index is 1.44. The van der Waals surface area contributed by atoms with Gasteiger partial charge >= 0.3 is 0 Å². The van der Waals surface area contributed by atoms with Gasteiger partial charge in [-0.1, -0.05) is 12.1 Å². The van der Waals surface area contributed by atoms with E-state index in [0.717, 1.165) is 31.0 Å². The van der Waals surface area contributed by atoms with E-state index in [2.05, 4.69) is 31.9 Å². The second-order valence-electron chi connectivity index (χ2n) is 6.70. The molecule has 0 radical (unpaired) electrons. The Kier molecular flexibility index (Phi) is 4.14. The van der Waals surface area contributed by atoms with Gasteiger partial charge in [0.15, 0.2) is 0 Å². The highest BCUT2D eigenvalue weighted by Gasteiger charge is 2.37. The van der Waals surface area contributed by atoms with Crippen LogP contribution in [0.15, 0.2) is 42.9 Å². The summed E-state index contributed by atoms with van der Waals surface area (Å²) in [4.78, 5) is 13.5. The minimum atomic E-state index is 0.520. The van der Waals surface area contributed by atoms with Gasteiger partial charge in [0.25, 0.3) is 0 Å². The average molecular weight is 319 g/mol. The summed E-state index contributed by atoms with van der Waals surface area (Å²) >= 11 is 0. The zero-order valence-electron chi connectivity index (χ0n) is 13.7. The molecule has 0 spiro atoms. The molecule has 5 heteroatoms. The summed E-state index contributed by atoms with van der Waals surface area (Å²) in [5.41, 5.74) is 1.96. The highest BCUT2D eigenvalue weighted by molar-refractivity contribution is 5.42. The van der Waals surface area contributed by atoms with Crippen LogP contribution in [0.1, 0.15) is 30.4 Å². The van der Waals surface area contributed by atoms with E-state index in [4.69, 9.17) is 5.26 Å². The van der Waals surface area contributed by atoms with Crippen molar-refractivity contribution in [3.8, 4) is 6.07 Å². The number of hydrogen-bond acceptors (Lipinski definition) is 5. The summed E-state index contributed by atoms with van der Waals surface area (Å²) in [6, 6.07) is 13.4. The van der Waals surface area contributed by atoms with Crippen molar-refractivity contribution in [2.24, 2.45) is 0 Å². The molecule has 2 heterocycles. The van der Waals surface area contributed by atoms with E-state index in [-0.39, 0.29) is 0 Å². The zero-order valence-corrected chi connectivity index (χ0v) is 13.7. The quantitative estimate of drug-likeness (QED) is 0.848. The van der Waals surface area contributed by atoms with Gasteiger partial charge < -0.3 is 4.90 Å². The summed E-state index contributed by atoms with van der Waals surface area (Å²) in [5.74, 6) is 1.06. The second-order valence-corrected chi connectivity index (χ2v) is 6.70. The number of anilines is 1. The molecule has 1 saturated carbocycles. The molecule has 4 rings (SSSR count). The third kappa shape index (κ3) is 3.24. The van der Waals surface area contributed by atoms with Gasteiger partial charge in [-0.2, -0.15) is 5.26 Å². The SMILES string of the molecule is N#Cc1cccc(CN2CCC(N(c3ccncn3)C3CC3)C2)c1. The fourth-order valence-corrected chi connectivity index (χ4v) is 3.64. The van der Waals surface area contributed by atoms with Gasteiger partial charge in [-0.3, -0.25) is 4.90 Å². The summed E-state index contributed by atoms with van der Waals surface area (Å²) in [6.07, 6.45) is 7.18. The molecule has 1 aromatic heterocycles. The Hall–Kier alpha value is -2.45. The van der Waals surface area contributed by atoms with Crippen molar-refractivity contribution >= 4 is 5.82 Å². The Morgan fingerprint density at radius 3 is 2.88 bits per heavy atom. The van der Waals surface area contributed by atoms with Crippen LogP contribution in [0.2, 0.25) is 0 Å². The van der Waals surface area contributed by atoms with Crippen molar-refractivity contribution in [2.45, 2.75) is 37.9 Å². The van der Waals surface area contributed by atoms with Gasteiger partial charge in [0.2, 0.25) is 0 Å². The Labute approximate surface area is 142 Å². The van der Waals surface area contributed by atoms with E-state index in [9.17, 15) is 0 Å². The Morgan fingerprint density at radius 1 is 1.21 bits per heavy atom. The van der Waals surface area contributed by atoms with Gasteiger partial charge in [0.05, 0.1) is 11.6 Å². The molecule has 0 amide bonds. The van der Waals surface area contributed by atoms with Crippen LogP contribution in [0.3, 0.4) is 0 Å². The first kappa shape index (κ1) is 15.1. The molecule has 122 valence electrons. The van der Waals surface area contributed by atoms with Crippen molar-refractivity contribution < 1.29 is 0 Å². The molecule has 1 aromatic carbocycles. The molecule has 24 heavy (non-hydrogen) atoms. The summed E-state index contributed by atoms with van der Waals surface area (Å²) < 4.78 is 0. The van der Waals surface area contributed by atoms with Crippen LogP contribution < -0.4 is 4.90 Å². The molecular formula is C19H21N5. The molecule has 1 unspecified atom stereocenters. The van der Waals surface area contributed by atoms with Crippen molar-refractivity contribution in [2.75, 3.05) is 18.0 Å². The first-order valence-electron chi connectivity index (χ1n) is 8.59. The van der Waals surface area contributed by atoms with Crippen LogP contribution in [0.4, 0.5) is 5.82 Å². The highest BCUT2D eigenvalue weighted by atomic mass is 15.3. The lowest BCUT2D eigenvalue weighted by Crippen LogP contribution is -2.39. The van der Waals surface area contributed by atoms with Gasteiger partial charge in [0, 0.05) is 37.9 Å². The van der Waals surface area contributed by atoms with Gasteiger partial charge in [-0.05, 0) is 43.0 Å². The minimum Gasteiger partial charge on any atom is -0.349 e. The molecule has 0 N–H and O–H groups in total. The van der Waals surface area contributed by atoms with Gasteiger partial charge in [-0.15, -0.1) is 0 Å². The molecule has 2 aromatic rings. The lowest BCUT2D eigenvalue weighted by molar-refractivity contribution is 0.324.